The summed E-state index contributed by atoms with van der Waals surface area (Å²) in [4.78, 5) is 10.7. The molecule has 22 heavy (non-hydrogen) atoms. The number of benzene rings is 2. The maximum absolute atomic E-state index is 11.1. The van der Waals surface area contributed by atoms with Crippen LogP contribution in [0.3, 0.4) is 0 Å². The van der Waals surface area contributed by atoms with E-state index in [0.29, 0.717) is 17.2 Å². The van der Waals surface area contributed by atoms with Gasteiger partial charge in [0, 0.05) is 18.3 Å². The average Bonchev–Trinajstić information content (AvgIpc) is 2.53. The van der Waals surface area contributed by atoms with Gasteiger partial charge in [-0.3, -0.25) is 10.1 Å². The zero-order valence-electron chi connectivity index (χ0n) is 11.8. The van der Waals surface area contributed by atoms with Crippen molar-refractivity contribution in [1.82, 2.24) is 5.32 Å². The van der Waals surface area contributed by atoms with Crippen molar-refractivity contribution in [3.8, 4) is 11.1 Å². The van der Waals surface area contributed by atoms with E-state index in [0.717, 1.165) is 11.3 Å². The van der Waals surface area contributed by atoms with Gasteiger partial charge in [0.2, 0.25) is 0 Å². The van der Waals surface area contributed by atoms with Crippen LogP contribution in [0.4, 0.5) is 11.4 Å². The molecule has 2 aromatic carbocycles. The number of nitrogens with zero attached hydrogens (tertiary/aromatic N) is 1. The average molecular weight is 313 g/mol. The van der Waals surface area contributed by atoms with Crippen LogP contribution in [0.2, 0.25) is 0 Å². The second kappa shape index (κ2) is 7.33. The van der Waals surface area contributed by atoms with Crippen molar-refractivity contribution < 1.29 is 4.92 Å². The second-order valence-electron chi connectivity index (χ2n) is 4.48. The molecular weight excluding hydrogens is 298 g/mol. The Morgan fingerprint density at radius 2 is 1.91 bits per heavy atom. The number of anilines is 1. The largest absolute Gasteiger partial charge is 0.359 e. The highest BCUT2D eigenvalue weighted by atomic mass is 32.1. The fourth-order valence-corrected chi connectivity index (χ4v) is 2.15. The number of nitro groups is 1. The molecule has 0 aliphatic heterocycles. The van der Waals surface area contributed by atoms with Gasteiger partial charge in [-0.05, 0) is 36.0 Å². The number of nitro benzene ring substituents is 1. The second-order valence-corrected chi connectivity index (χ2v) is 4.88. The minimum absolute atomic E-state index is 0.0892. The lowest BCUT2D eigenvalue weighted by atomic mass is 10.0. The molecule has 0 heterocycles. The van der Waals surface area contributed by atoms with Gasteiger partial charge in [0.15, 0.2) is 5.11 Å². The summed E-state index contributed by atoms with van der Waals surface area (Å²) in [5, 5.41) is 17.6. The standard InChI is InChI=1S/C16H15N3O2S/c1-2-11-17-16(22)18-13-9-7-12(8-10-13)14-5-3-4-6-15(14)19(20)21/h2-10H,1,11H2,(H2,17,18,22). The van der Waals surface area contributed by atoms with Crippen molar-refractivity contribution in [3.63, 3.8) is 0 Å². The summed E-state index contributed by atoms with van der Waals surface area (Å²) in [6.07, 6.45) is 1.71. The summed E-state index contributed by atoms with van der Waals surface area (Å²) in [6.45, 7) is 4.19. The van der Waals surface area contributed by atoms with E-state index in [2.05, 4.69) is 17.2 Å². The molecule has 0 saturated carbocycles. The Bertz CT molecular complexity index is 699. The number of para-hydroxylation sites is 1. The van der Waals surface area contributed by atoms with Crippen molar-refractivity contribution in [2.24, 2.45) is 0 Å². The molecular formula is C16H15N3O2S. The van der Waals surface area contributed by atoms with Crippen molar-refractivity contribution >= 4 is 28.7 Å². The number of hydrogen-bond acceptors (Lipinski definition) is 3. The van der Waals surface area contributed by atoms with Gasteiger partial charge in [-0.1, -0.05) is 30.3 Å². The fourth-order valence-electron chi connectivity index (χ4n) is 1.95. The first-order valence-corrected chi connectivity index (χ1v) is 7.02. The van der Waals surface area contributed by atoms with Crippen molar-refractivity contribution in [1.29, 1.82) is 0 Å². The van der Waals surface area contributed by atoms with Gasteiger partial charge in [-0.15, -0.1) is 6.58 Å². The summed E-state index contributed by atoms with van der Waals surface area (Å²) in [7, 11) is 0. The predicted molar refractivity (Wildman–Crippen MR) is 93.0 cm³/mol. The maximum Gasteiger partial charge on any atom is 0.277 e. The zero-order chi connectivity index (χ0) is 15.9. The SMILES string of the molecule is C=CCNC(=S)Nc1ccc(-c2ccccc2[N+](=O)[O-])cc1. The van der Waals surface area contributed by atoms with Crippen LogP contribution < -0.4 is 10.6 Å². The summed E-state index contributed by atoms with van der Waals surface area (Å²) in [5.41, 5.74) is 2.27. The first kappa shape index (κ1) is 15.7. The predicted octanol–water partition coefficient (Wildman–Crippen LogP) is 3.73. The third kappa shape index (κ3) is 3.89. The molecule has 0 aromatic heterocycles. The Balaban J connectivity index is 2.17. The number of hydrogen-bond donors (Lipinski definition) is 2. The Kier molecular flexibility index (Phi) is 5.21. The molecule has 2 rings (SSSR count). The summed E-state index contributed by atoms with van der Waals surface area (Å²) >= 11 is 5.12. The van der Waals surface area contributed by atoms with E-state index in [-0.39, 0.29) is 10.6 Å². The molecule has 0 amide bonds. The van der Waals surface area contributed by atoms with E-state index in [1.807, 2.05) is 24.3 Å². The van der Waals surface area contributed by atoms with Crippen molar-refractivity contribution in [2.75, 3.05) is 11.9 Å². The lowest BCUT2D eigenvalue weighted by Gasteiger charge is -2.09. The monoisotopic (exact) mass is 313 g/mol. The van der Waals surface area contributed by atoms with Gasteiger partial charge in [-0.2, -0.15) is 0 Å². The summed E-state index contributed by atoms with van der Waals surface area (Å²) < 4.78 is 0. The molecule has 0 saturated heterocycles. The molecule has 6 heteroatoms. The van der Waals surface area contributed by atoms with E-state index in [1.54, 1.807) is 24.3 Å². The summed E-state index contributed by atoms with van der Waals surface area (Å²) in [5.74, 6) is 0. The molecule has 2 aromatic rings. The van der Waals surface area contributed by atoms with E-state index in [1.165, 1.54) is 6.07 Å². The van der Waals surface area contributed by atoms with E-state index >= 15 is 0 Å². The Morgan fingerprint density at radius 3 is 2.55 bits per heavy atom. The van der Waals surface area contributed by atoms with Crippen LogP contribution >= 0.6 is 12.2 Å². The van der Waals surface area contributed by atoms with Crippen LogP contribution in [-0.4, -0.2) is 16.6 Å². The normalized spacial score (nSPS) is 9.82. The number of thiocarbonyl (C=S) groups is 1. The van der Waals surface area contributed by atoms with Gasteiger partial charge in [0.1, 0.15) is 0 Å². The molecule has 0 fully saturated rings. The maximum atomic E-state index is 11.1. The fraction of sp³-hybridized carbons (Fsp3) is 0.0625. The van der Waals surface area contributed by atoms with Gasteiger partial charge >= 0.3 is 0 Å². The molecule has 0 aliphatic rings. The minimum Gasteiger partial charge on any atom is -0.359 e. The Morgan fingerprint density at radius 1 is 1.23 bits per heavy atom. The molecule has 0 spiro atoms. The van der Waals surface area contributed by atoms with E-state index in [9.17, 15) is 10.1 Å². The van der Waals surface area contributed by atoms with Crippen LogP contribution in [0.5, 0.6) is 0 Å². The van der Waals surface area contributed by atoms with Crippen LogP contribution in [0.15, 0.2) is 61.2 Å². The molecule has 5 nitrogen and oxygen atoms in total. The summed E-state index contributed by atoms with van der Waals surface area (Å²) in [6, 6.07) is 14.0. The molecule has 0 radical (unpaired) electrons. The van der Waals surface area contributed by atoms with Crippen molar-refractivity contribution in [3.05, 3.63) is 71.3 Å². The molecule has 0 atom stereocenters. The smallest absolute Gasteiger partial charge is 0.277 e. The molecule has 2 N–H and O–H groups in total. The van der Waals surface area contributed by atoms with Crippen LogP contribution in [0.25, 0.3) is 11.1 Å². The van der Waals surface area contributed by atoms with Gasteiger partial charge in [-0.25, -0.2) is 0 Å². The van der Waals surface area contributed by atoms with Crippen LogP contribution in [0, 0.1) is 10.1 Å². The molecule has 0 unspecified atom stereocenters. The Labute approximate surface area is 133 Å². The van der Waals surface area contributed by atoms with E-state index in [4.69, 9.17) is 12.2 Å². The topological polar surface area (TPSA) is 67.2 Å². The van der Waals surface area contributed by atoms with Crippen LogP contribution in [-0.2, 0) is 0 Å². The van der Waals surface area contributed by atoms with Gasteiger partial charge in [0.05, 0.1) is 10.5 Å². The highest BCUT2D eigenvalue weighted by Gasteiger charge is 2.13. The first-order valence-electron chi connectivity index (χ1n) is 6.61. The zero-order valence-corrected chi connectivity index (χ0v) is 12.6. The third-order valence-corrected chi connectivity index (χ3v) is 3.21. The van der Waals surface area contributed by atoms with Gasteiger partial charge < -0.3 is 10.6 Å². The highest BCUT2D eigenvalue weighted by Crippen LogP contribution is 2.30. The quantitative estimate of drug-likeness (QED) is 0.381. The number of nitrogens with one attached hydrogen (secondary N) is 2. The van der Waals surface area contributed by atoms with Gasteiger partial charge in [0.25, 0.3) is 5.69 Å². The molecule has 0 bridgehead atoms. The van der Waals surface area contributed by atoms with Crippen LogP contribution in [0.1, 0.15) is 0 Å². The lowest BCUT2D eigenvalue weighted by molar-refractivity contribution is -0.384. The molecule has 112 valence electrons. The highest BCUT2D eigenvalue weighted by molar-refractivity contribution is 7.80. The van der Waals surface area contributed by atoms with E-state index < -0.39 is 0 Å². The first-order chi connectivity index (χ1) is 10.6. The third-order valence-electron chi connectivity index (χ3n) is 2.96. The number of rotatable bonds is 5. The van der Waals surface area contributed by atoms with Crippen molar-refractivity contribution in [2.45, 2.75) is 0 Å². The molecule has 0 aliphatic carbocycles. The lowest BCUT2D eigenvalue weighted by Crippen LogP contribution is -2.28. The minimum atomic E-state index is -0.379. The Hall–Kier alpha value is -2.73.